The Morgan fingerprint density at radius 3 is 2.42 bits per heavy atom. The first kappa shape index (κ1) is 19.4. The van der Waals surface area contributed by atoms with E-state index in [9.17, 15) is 36.1 Å². The van der Waals surface area contributed by atoms with E-state index in [0.717, 1.165) is 18.2 Å². The normalized spacial score (nSPS) is 11.8. The van der Waals surface area contributed by atoms with Gasteiger partial charge in [-0.1, -0.05) is 0 Å². The van der Waals surface area contributed by atoms with Gasteiger partial charge < -0.3 is 8.92 Å². The number of hydrogen-bond donors (Lipinski definition) is 0. The van der Waals surface area contributed by atoms with E-state index in [1.54, 1.807) is 0 Å². The average molecular weight is 396 g/mol. The number of halogens is 4. The number of aromatic nitrogens is 1. The summed E-state index contributed by atoms with van der Waals surface area (Å²) in [5.74, 6) is -2.35. The molecule has 2 rings (SSSR count). The summed E-state index contributed by atoms with van der Waals surface area (Å²) in [6.45, 7) is -1.63. The number of nitro groups is 1. The van der Waals surface area contributed by atoms with Gasteiger partial charge in [0.05, 0.1) is 11.1 Å². The number of benzene rings is 1. The summed E-state index contributed by atoms with van der Waals surface area (Å²) in [6.07, 6.45) is -3.97. The highest BCUT2D eigenvalue weighted by Crippen LogP contribution is 2.30. The van der Waals surface area contributed by atoms with Crippen molar-refractivity contribution in [3.05, 3.63) is 52.5 Å². The van der Waals surface area contributed by atoms with Crippen LogP contribution >= 0.6 is 0 Å². The van der Waals surface area contributed by atoms with Gasteiger partial charge in [-0.15, -0.1) is 0 Å². The minimum atomic E-state index is -4.66. The van der Waals surface area contributed by atoms with Gasteiger partial charge in [0, 0.05) is 18.2 Å². The molecule has 0 atom stereocenters. The van der Waals surface area contributed by atoms with Crippen LogP contribution < -0.4 is 8.92 Å². The van der Waals surface area contributed by atoms with Gasteiger partial charge in [0.1, 0.15) is 10.7 Å². The molecule has 0 aliphatic rings. The summed E-state index contributed by atoms with van der Waals surface area (Å²) < 4.78 is 82.3. The summed E-state index contributed by atoms with van der Waals surface area (Å²) in [4.78, 5) is 12.6. The van der Waals surface area contributed by atoms with Crippen molar-refractivity contribution in [1.29, 1.82) is 0 Å². The maximum absolute atomic E-state index is 13.2. The van der Waals surface area contributed by atoms with E-state index < -0.39 is 55.9 Å². The lowest BCUT2D eigenvalue weighted by Crippen LogP contribution is -2.19. The zero-order valence-corrected chi connectivity index (χ0v) is 13.3. The molecule has 0 aliphatic heterocycles. The largest absolute Gasteiger partial charge is 0.468 e. The van der Waals surface area contributed by atoms with Crippen molar-refractivity contribution in [2.75, 3.05) is 6.61 Å². The second kappa shape index (κ2) is 7.11. The maximum Gasteiger partial charge on any atom is 0.422 e. The maximum atomic E-state index is 13.2. The lowest BCUT2D eigenvalue weighted by molar-refractivity contribution is -0.385. The molecule has 0 spiro atoms. The van der Waals surface area contributed by atoms with E-state index in [0.29, 0.717) is 18.3 Å². The molecule has 1 heterocycles. The molecule has 13 heteroatoms. The fraction of sp³-hybridized carbons (Fsp3) is 0.154. The van der Waals surface area contributed by atoms with Gasteiger partial charge in [0.25, 0.3) is 0 Å². The van der Waals surface area contributed by atoms with Gasteiger partial charge >= 0.3 is 22.0 Å². The Balaban J connectivity index is 2.23. The molecule has 2 aromatic rings. The van der Waals surface area contributed by atoms with Crippen molar-refractivity contribution in [3.63, 3.8) is 0 Å². The average Bonchev–Trinajstić information content (AvgIpc) is 2.52. The molecule has 1 aromatic carbocycles. The van der Waals surface area contributed by atoms with E-state index in [4.69, 9.17) is 0 Å². The molecular formula is C13H8F4N2O6S. The number of hydrogen-bond acceptors (Lipinski definition) is 7. The summed E-state index contributed by atoms with van der Waals surface area (Å²) in [5, 5.41) is 10.8. The lowest BCUT2D eigenvalue weighted by atomic mass is 10.3. The van der Waals surface area contributed by atoms with Crippen molar-refractivity contribution in [2.24, 2.45) is 0 Å². The lowest BCUT2D eigenvalue weighted by Gasteiger charge is -2.09. The van der Waals surface area contributed by atoms with Gasteiger partial charge in [-0.3, -0.25) is 10.1 Å². The van der Waals surface area contributed by atoms with Gasteiger partial charge in [-0.05, 0) is 12.1 Å². The molecule has 0 amide bonds. The Morgan fingerprint density at radius 2 is 1.88 bits per heavy atom. The number of nitro benzene ring substituents is 1. The SMILES string of the molecule is O=[N+]([O-])c1ccc(F)cc1OS(=O)(=O)c1ccc(OCC(F)(F)F)nc1. The van der Waals surface area contributed by atoms with Crippen molar-refractivity contribution >= 4 is 15.8 Å². The van der Waals surface area contributed by atoms with Crippen LogP contribution in [0, 0.1) is 15.9 Å². The fourth-order valence-electron chi connectivity index (χ4n) is 1.63. The minimum Gasteiger partial charge on any atom is -0.468 e. The van der Waals surface area contributed by atoms with Crippen LogP contribution in [0.5, 0.6) is 11.6 Å². The van der Waals surface area contributed by atoms with Crippen LogP contribution in [-0.4, -0.2) is 31.1 Å². The van der Waals surface area contributed by atoms with Gasteiger partial charge in [-0.25, -0.2) is 9.37 Å². The Hall–Kier alpha value is -2.96. The highest BCUT2D eigenvalue weighted by Gasteiger charge is 2.29. The standard InChI is InChI=1S/C13H8F4N2O6S/c14-8-1-3-10(19(20)21)11(5-8)25-26(22,23)9-2-4-12(18-6-9)24-7-13(15,16)17/h1-6H,7H2. The molecule has 0 fully saturated rings. The van der Waals surface area contributed by atoms with Gasteiger partial charge in [-0.2, -0.15) is 21.6 Å². The van der Waals surface area contributed by atoms with E-state index in [-0.39, 0.29) is 0 Å². The van der Waals surface area contributed by atoms with Crippen molar-refractivity contribution < 1.29 is 39.8 Å². The van der Waals surface area contributed by atoms with E-state index in [1.165, 1.54) is 0 Å². The van der Waals surface area contributed by atoms with Crippen LogP contribution in [0.25, 0.3) is 0 Å². The summed E-state index contributed by atoms with van der Waals surface area (Å²) in [5.41, 5.74) is -0.798. The van der Waals surface area contributed by atoms with Gasteiger partial charge in [0.2, 0.25) is 11.6 Å². The van der Waals surface area contributed by atoms with Crippen molar-refractivity contribution in [3.8, 4) is 11.6 Å². The zero-order chi connectivity index (χ0) is 19.5. The number of pyridine rings is 1. The molecule has 0 saturated carbocycles. The molecule has 0 bridgehead atoms. The molecule has 0 radical (unpaired) electrons. The second-order valence-electron chi connectivity index (χ2n) is 4.64. The van der Waals surface area contributed by atoms with Crippen LogP contribution in [-0.2, 0) is 10.1 Å². The Kier molecular flexibility index (Phi) is 5.30. The first-order valence-electron chi connectivity index (χ1n) is 6.52. The third-order valence-corrected chi connectivity index (χ3v) is 3.92. The third kappa shape index (κ3) is 5.02. The van der Waals surface area contributed by atoms with Crippen LogP contribution in [0.15, 0.2) is 41.4 Å². The molecule has 0 saturated heterocycles. The highest BCUT2D eigenvalue weighted by molar-refractivity contribution is 7.87. The Labute approximate surface area is 143 Å². The molecule has 0 aliphatic carbocycles. The molecule has 0 unspecified atom stereocenters. The Bertz CT molecular complexity index is 915. The number of nitrogens with zero attached hydrogens (tertiary/aromatic N) is 2. The monoisotopic (exact) mass is 396 g/mol. The predicted molar refractivity (Wildman–Crippen MR) is 76.7 cm³/mol. The molecule has 0 N–H and O–H groups in total. The first-order chi connectivity index (χ1) is 12.0. The van der Waals surface area contributed by atoms with E-state index in [2.05, 4.69) is 13.9 Å². The number of rotatable bonds is 6. The predicted octanol–water partition coefficient (Wildman–Crippen LogP) is 2.84. The summed E-state index contributed by atoms with van der Waals surface area (Å²) in [7, 11) is -4.66. The highest BCUT2D eigenvalue weighted by atomic mass is 32.2. The van der Waals surface area contributed by atoms with Crippen molar-refractivity contribution in [2.45, 2.75) is 11.1 Å². The van der Waals surface area contributed by atoms with E-state index in [1.807, 2.05) is 0 Å². The zero-order valence-electron chi connectivity index (χ0n) is 12.4. The third-order valence-electron chi connectivity index (χ3n) is 2.70. The number of alkyl halides is 3. The molecule has 26 heavy (non-hydrogen) atoms. The smallest absolute Gasteiger partial charge is 0.422 e. The van der Waals surface area contributed by atoms with Crippen molar-refractivity contribution in [1.82, 2.24) is 4.98 Å². The topological polar surface area (TPSA) is 109 Å². The molecule has 140 valence electrons. The van der Waals surface area contributed by atoms with Gasteiger partial charge in [0.15, 0.2) is 6.61 Å². The first-order valence-corrected chi connectivity index (χ1v) is 7.93. The summed E-state index contributed by atoms with van der Waals surface area (Å²) in [6, 6.07) is 3.61. The Morgan fingerprint density at radius 1 is 1.19 bits per heavy atom. The molecular weight excluding hydrogens is 388 g/mol. The van der Waals surface area contributed by atoms with Crippen LogP contribution in [0.4, 0.5) is 23.2 Å². The number of ether oxygens (including phenoxy) is 1. The second-order valence-corrected chi connectivity index (χ2v) is 6.19. The van der Waals surface area contributed by atoms with Crippen LogP contribution in [0.3, 0.4) is 0 Å². The quantitative estimate of drug-likeness (QED) is 0.320. The molecule has 1 aromatic heterocycles. The van der Waals surface area contributed by atoms with Crippen LogP contribution in [0.1, 0.15) is 0 Å². The molecule has 8 nitrogen and oxygen atoms in total. The summed E-state index contributed by atoms with van der Waals surface area (Å²) >= 11 is 0. The minimum absolute atomic E-state index is 0.502. The van der Waals surface area contributed by atoms with Crippen LogP contribution in [0.2, 0.25) is 0 Å². The fourth-order valence-corrected chi connectivity index (χ4v) is 2.51. The van der Waals surface area contributed by atoms with E-state index >= 15 is 0 Å².